The van der Waals surface area contributed by atoms with Crippen LogP contribution in [-0.2, 0) is 6.42 Å². The molecule has 4 heteroatoms. The highest BCUT2D eigenvalue weighted by molar-refractivity contribution is 5.42. The first kappa shape index (κ1) is 18.3. The molecule has 0 radical (unpaired) electrons. The molecule has 0 amide bonds. The molecule has 0 saturated heterocycles. The molecule has 1 unspecified atom stereocenters. The van der Waals surface area contributed by atoms with Crippen LogP contribution in [0.3, 0.4) is 0 Å². The largest absolute Gasteiger partial charge is 0.497 e. The Bertz CT molecular complexity index is 601. The molecule has 0 fully saturated rings. The van der Waals surface area contributed by atoms with Crippen LogP contribution in [0.2, 0.25) is 0 Å². The van der Waals surface area contributed by atoms with Crippen LogP contribution in [0.1, 0.15) is 36.5 Å². The van der Waals surface area contributed by atoms with Crippen molar-refractivity contribution in [3.63, 3.8) is 0 Å². The lowest BCUT2D eigenvalue weighted by Crippen LogP contribution is -2.13. The van der Waals surface area contributed by atoms with Crippen LogP contribution in [0, 0.1) is 0 Å². The van der Waals surface area contributed by atoms with E-state index in [2.05, 4.69) is 24.3 Å². The van der Waals surface area contributed by atoms with Gasteiger partial charge in [-0.15, -0.1) is 0 Å². The normalized spacial score (nSPS) is 12.0. The number of aryl methyl sites for hydroxylation is 1. The highest BCUT2D eigenvalue weighted by Crippen LogP contribution is 2.29. The number of aliphatic hydroxyl groups excluding tert-OH is 1. The van der Waals surface area contributed by atoms with Gasteiger partial charge in [0.05, 0.1) is 19.8 Å². The smallest absolute Gasteiger partial charge is 0.128 e. The fourth-order valence-electron chi connectivity index (χ4n) is 2.60. The molecule has 1 atom stereocenters. The summed E-state index contributed by atoms with van der Waals surface area (Å²) in [5, 5.41) is 9.99. The molecule has 2 rings (SSSR count). The molecule has 130 valence electrons. The van der Waals surface area contributed by atoms with Crippen LogP contribution < -0.4 is 15.2 Å². The Morgan fingerprint density at radius 1 is 1.04 bits per heavy atom. The first-order valence-corrected chi connectivity index (χ1v) is 8.47. The summed E-state index contributed by atoms with van der Waals surface area (Å²) in [5.74, 6) is 1.36. The summed E-state index contributed by atoms with van der Waals surface area (Å²) in [6, 6.07) is 15.9. The number of nitrogens with two attached hydrogens (primary N) is 1. The van der Waals surface area contributed by atoms with E-state index in [1.807, 2.05) is 6.07 Å². The zero-order valence-corrected chi connectivity index (χ0v) is 14.3. The Morgan fingerprint density at radius 3 is 2.54 bits per heavy atom. The van der Waals surface area contributed by atoms with Crippen molar-refractivity contribution in [3.8, 4) is 11.5 Å². The lowest BCUT2D eigenvalue weighted by Gasteiger charge is -2.16. The maximum Gasteiger partial charge on any atom is 0.128 e. The van der Waals surface area contributed by atoms with Gasteiger partial charge in [-0.2, -0.15) is 0 Å². The number of benzene rings is 2. The van der Waals surface area contributed by atoms with Crippen LogP contribution >= 0.6 is 0 Å². The predicted molar refractivity (Wildman–Crippen MR) is 96.5 cm³/mol. The van der Waals surface area contributed by atoms with Gasteiger partial charge in [0.2, 0.25) is 0 Å². The Labute approximate surface area is 144 Å². The van der Waals surface area contributed by atoms with Crippen molar-refractivity contribution in [1.82, 2.24) is 0 Å². The lowest BCUT2D eigenvalue weighted by molar-refractivity contribution is 0.179. The Hall–Kier alpha value is -2.04. The summed E-state index contributed by atoms with van der Waals surface area (Å²) in [4.78, 5) is 0. The summed E-state index contributed by atoms with van der Waals surface area (Å²) in [6.45, 7) is 0.784. The van der Waals surface area contributed by atoms with Gasteiger partial charge in [0, 0.05) is 18.2 Å². The van der Waals surface area contributed by atoms with Crippen LogP contribution in [0.25, 0.3) is 0 Å². The second-order valence-electron chi connectivity index (χ2n) is 5.80. The van der Waals surface area contributed by atoms with Gasteiger partial charge in [0.25, 0.3) is 0 Å². The summed E-state index contributed by atoms with van der Waals surface area (Å²) < 4.78 is 11.1. The van der Waals surface area contributed by atoms with Crippen molar-refractivity contribution in [1.29, 1.82) is 0 Å². The number of unbranched alkanes of at least 4 members (excludes halogenated alkanes) is 2. The third-order valence-electron chi connectivity index (χ3n) is 4.01. The molecule has 0 bridgehead atoms. The SMILES string of the molecule is COc1ccc(C(O)CN)c(OCCCCCc2ccccc2)c1. The summed E-state index contributed by atoms with van der Waals surface area (Å²) in [6.07, 6.45) is 3.60. The topological polar surface area (TPSA) is 64.7 Å². The van der Waals surface area contributed by atoms with E-state index in [9.17, 15) is 5.11 Å². The zero-order valence-electron chi connectivity index (χ0n) is 14.3. The van der Waals surface area contributed by atoms with Gasteiger partial charge in [-0.1, -0.05) is 30.3 Å². The molecule has 0 spiro atoms. The number of rotatable bonds is 10. The average Bonchev–Trinajstić information content (AvgIpc) is 2.64. The van der Waals surface area contributed by atoms with Gasteiger partial charge in [-0.25, -0.2) is 0 Å². The minimum Gasteiger partial charge on any atom is -0.497 e. The molecule has 4 nitrogen and oxygen atoms in total. The van der Waals surface area contributed by atoms with Crippen molar-refractivity contribution in [2.24, 2.45) is 5.73 Å². The summed E-state index contributed by atoms with van der Waals surface area (Å²) in [5.41, 5.74) is 7.64. The van der Waals surface area contributed by atoms with Gasteiger partial charge in [-0.05, 0) is 43.4 Å². The molecule has 0 heterocycles. The van der Waals surface area contributed by atoms with Gasteiger partial charge in [0.15, 0.2) is 0 Å². The summed E-state index contributed by atoms with van der Waals surface area (Å²) >= 11 is 0. The molecule has 0 aromatic heterocycles. The number of aliphatic hydroxyl groups is 1. The summed E-state index contributed by atoms with van der Waals surface area (Å²) in [7, 11) is 1.61. The number of hydrogen-bond acceptors (Lipinski definition) is 4. The predicted octanol–water partition coefficient (Wildman–Crippen LogP) is 3.48. The lowest BCUT2D eigenvalue weighted by atomic mass is 10.1. The van der Waals surface area contributed by atoms with E-state index in [1.54, 1.807) is 25.3 Å². The van der Waals surface area contributed by atoms with Gasteiger partial charge >= 0.3 is 0 Å². The highest BCUT2D eigenvalue weighted by atomic mass is 16.5. The molecule has 3 N–H and O–H groups in total. The van der Waals surface area contributed by atoms with Crippen molar-refractivity contribution in [2.75, 3.05) is 20.3 Å². The van der Waals surface area contributed by atoms with Crippen molar-refractivity contribution in [3.05, 3.63) is 59.7 Å². The Balaban J connectivity index is 1.78. The first-order chi connectivity index (χ1) is 11.7. The maximum absolute atomic E-state index is 9.99. The van der Waals surface area contributed by atoms with Crippen LogP contribution in [-0.4, -0.2) is 25.4 Å². The first-order valence-electron chi connectivity index (χ1n) is 8.47. The van der Waals surface area contributed by atoms with Crippen LogP contribution in [0.5, 0.6) is 11.5 Å². The highest BCUT2D eigenvalue weighted by Gasteiger charge is 2.13. The monoisotopic (exact) mass is 329 g/mol. The molecular formula is C20H27NO3. The van der Waals surface area contributed by atoms with Gasteiger partial charge < -0.3 is 20.3 Å². The molecule has 0 saturated carbocycles. The molecule has 24 heavy (non-hydrogen) atoms. The van der Waals surface area contributed by atoms with E-state index < -0.39 is 6.10 Å². The zero-order chi connectivity index (χ0) is 17.2. The van der Waals surface area contributed by atoms with Crippen molar-refractivity contribution >= 4 is 0 Å². The fourth-order valence-corrected chi connectivity index (χ4v) is 2.60. The third kappa shape index (κ3) is 5.55. The van der Waals surface area contributed by atoms with Gasteiger partial charge in [-0.3, -0.25) is 0 Å². The third-order valence-corrected chi connectivity index (χ3v) is 4.01. The standard InChI is InChI=1S/C20H27NO3/c1-23-17-11-12-18(19(22)15-21)20(14-17)24-13-7-3-6-10-16-8-4-2-5-9-16/h2,4-5,8-9,11-12,14,19,22H,3,6-7,10,13,15,21H2,1H3. The number of ether oxygens (including phenoxy) is 2. The minimum atomic E-state index is -0.719. The Kier molecular flexibility index (Phi) is 7.59. The van der Waals surface area contributed by atoms with Crippen molar-refractivity contribution < 1.29 is 14.6 Å². The van der Waals surface area contributed by atoms with E-state index >= 15 is 0 Å². The quantitative estimate of drug-likeness (QED) is 0.655. The molecule has 2 aromatic carbocycles. The van der Waals surface area contributed by atoms with E-state index in [0.29, 0.717) is 23.7 Å². The van der Waals surface area contributed by atoms with Gasteiger partial charge in [0.1, 0.15) is 11.5 Å². The number of hydrogen-bond donors (Lipinski definition) is 2. The molecule has 0 aliphatic heterocycles. The fraction of sp³-hybridized carbons (Fsp3) is 0.400. The van der Waals surface area contributed by atoms with E-state index in [4.69, 9.17) is 15.2 Å². The van der Waals surface area contributed by atoms with Crippen LogP contribution in [0.4, 0.5) is 0 Å². The molecular weight excluding hydrogens is 302 g/mol. The van der Waals surface area contributed by atoms with Crippen molar-refractivity contribution in [2.45, 2.75) is 31.8 Å². The number of methoxy groups -OCH3 is 1. The van der Waals surface area contributed by atoms with E-state index in [-0.39, 0.29) is 6.54 Å². The second-order valence-corrected chi connectivity index (χ2v) is 5.80. The maximum atomic E-state index is 9.99. The second kappa shape index (κ2) is 9.96. The molecule has 2 aromatic rings. The Morgan fingerprint density at radius 2 is 1.83 bits per heavy atom. The van der Waals surface area contributed by atoms with E-state index in [0.717, 1.165) is 25.7 Å². The van der Waals surface area contributed by atoms with Crippen LogP contribution in [0.15, 0.2) is 48.5 Å². The minimum absolute atomic E-state index is 0.166. The molecule has 0 aliphatic rings. The van der Waals surface area contributed by atoms with E-state index in [1.165, 1.54) is 5.56 Å². The average molecular weight is 329 g/mol. The molecule has 0 aliphatic carbocycles.